The van der Waals surface area contributed by atoms with Crippen LogP contribution in [0.2, 0.25) is 0 Å². The molecule has 2 aromatic rings. The molecule has 0 aromatic carbocycles. The number of sulfonamides is 1. The molecule has 2 aliphatic rings. The highest BCUT2D eigenvalue weighted by Gasteiger charge is 2.45. The standard InChI is InChI=1S/C17H21N5O4S/c23-27(24,15-3-1-4-18-11-15)22-8-10-26-17(14-22)13-21(7-9-25-17)12-16-19-5-2-6-20-16/h1-6,11H,7-10,12-14H2. The molecule has 4 rings (SSSR count). The molecule has 4 heterocycles. The van der Waals surface area contributed by atoms with Crippen molar-refractivity contribution in [1.29, 1.82) is 0 Å². The van der Waals surface area contributed by atoms with Gasteiger partial charge in [0.2, 0.25) is 10.0 Å². The lowest BCUT2D eigenvalue weighted by molar-refractivity contribution is -0.285. The van der Waals surface area contributed by atoms with Gasteiger partial charge in [-0.25, -0.2) is 18.4 Å². The van der Waals surface area contributed by atoms with Crippen LogP contribution in [-0.2, 0) is 26.0 Å². The highest BCUT2D eigenvalue weighted by molar-refractivity contribution is 7.89. The summed E-state index contributed by atoms with van der Waals surface area (Å²) in [5, 5.41) is 0. The summed E-state index contributed by atoms with van der Waals surface area (Å²) in [6, 6.07) is 4.93. The minimum atomic E-state index is -3.65. The largest absolute Gasteiger partial charge is 0.346 e. The molecule has 0 N–H and O–H groups in total. The van der Waals surface area contributed by atoms with Crippen molar-refractivity contribution in [3.63, 3.8) is 0 Å². The van der Waals surface area contributed by atoms with Crippen molar-refractivity contribution in [1.82, 2.24) is 24.2 Å². The van der Waals surface area contributed by atoms with Crippen LogP contribution in [0, 0.1) is 0 Å². The van der Waals surface area contributed by atoms with Gasteiger partial charge in [-0.3, -0.25) is 9.88 Å². The lowest BCUT2D eigenvalue weighted by atomic mass is 10.2. The summed E-state index contributed by atoms with van der Waals surface area (Å²) < 4.78 is 39.1. The summed E-state index contributed by atoms with van der Waals surface area (Å²) in [4.78, 5) is 14.7. The van der Waals surface area contributed by atoms with E-state index in [4.69, 9.17) is 9.47 Å². The van der Waals surface area contributed by atoms with Crippen molar-refractivity contribution in [2.45, 2.75) is 17.2 Å². The third kappa shape index (κ3) is 3.99. The highest BCUT2D eigenvalue weighted by atomic mass is 32.2. The van der Waals surface area contributed by atoms with Crippen LogP contribution in [0.1, 0.15) is 5.82 Å². The van der Waals surface area contributed by atoms with E-state index < -0.39 is 15.8 Å². The van der Waals surface area contributed by atoms with Gasteiger partial charge in [0.05, 0.1) is 32.8 Å². The summed E-state index contributed by atoms with van der Waals surface area (Å²) in [5.74, 6) is -0.272. The molecular weight excluding hydrogens is 370 g/mol. The van der Waals surface area contributed by atoms with Crippen molar-refractivity contribution in [3.05, 3.63) is 48.8 Å². The van der Waals surface area contributed by atoms with Gasteiger partial charge in [-0.1, -0.05) is 0 Å². The lowest BCUT2D eigenvalue weighted by Crippen LogP contribution is -2.62. The number of rotatable bonds is 4. The smallest absolute Gasteiger partial charge is 0.244 e. The van der Waals surface area contributed by atoms with Crippen LogP contribution in [0.4, 0.5) is 0 Å². The molecule has 0 saturated carbocycles. The minimum absolute atomic E-state index is 0.135. The monoisotopic (exact) mass is 391 g/mol. The molecule has 2 saturated heterocycles. The SMILES string of the molecule is O=S(=O)(c1cccnc1)N1CCOC2(CN(Cc3ncccn3)CCO2)C1. The van der Waals surface area contributed by atoms with E-state index >= 15 is 0 Å². The third-order valence-corrected chi connectivity index (χ3v) is 6.45. The first-order valence-electron chi connectivity index (χ1n) is 8.74. The average Bonchev–Trinajstić information content (AvgIpc) is 2.70. The predicted molar refractivity (Wildman–Crippen MR) is 94.9 cm³/mol. The van der Waals surface area contributed by atoms with Crippen molar-refractivity contribution in [2.24, 2.45) is 0 Å². The van der Waals surface area contributed by atoms with Crippen molar-refractivity contribution < 1.29 is 17.9 Å². The Balaban J connectivity index is 1.49. The quantitative estimate of drug-likeness (QED) is 0.725. The topological polar surface area (TPSA) is 97.8 Å². The summed E-state index contributed by atoms with van der Waals surface area (Å²) in [7, 11) is -3.65. The first-order chi connectivity index (χ1) is 13.1. The number of pyridine rings is 1. The van der Waals surface area contributed by atoms with Crippen LogP contribution in [0.5, 0.6) is 0 Å². The molecule has 27 heavy (non-hydrogen) atoms. The Morgan fingerprint density at radius 2 is 1.81 bits per heavy atom. The maximum absolute atomic E-state index is 12.9. The second kappa shape index (κ2) is 7.56. The van der Waals surface area contributed by atoms with Crippen LogP contribution in [0.3, 0.4) is 0 Å². The number of morpholine rings is 2. The molecule has 9 nitrogen and oxygen atoms in total. The Kier molecular flexibility index (Phi) is 5.15. The fourth-order valence-electron chi connectivity index (χ4n) is 3.34. The fourth-order valence-corrected chi connectivity index (χ4v) is 4.76. The van der Waals surface area contributed by atoms with Crippen LogP contribution < -0.4 is 0 Å². The van der Waals surface area contributed by atoms with Gasteiger partial charge in [0.25, 0.3) is 0 Å². The minimum Gasteiger partial charge on any atom is -0.346 e. The van der Waals surface area contributed by atoms with E-state index in [-0.39, 0.29) is 24.6 Å². The van der Waals surface area contributed by atoms with Gasteiger partial charge in [-0.2, -0.15) is 4.31 Å². The number of hydrogen-bond donors (Lipinski definition) is 0. The molecule has 1 atom stereocenters. The molecule has 0 amide bonds. The van der Waals surface area contributed by atoms with Crippen molar-refractivity contribution in [2.75, 3.05) is 39.4 Å². The molecule has 2 aromatic heterocycles. The van der Waals surface area contributed by atoms with Gasteiger partial charge < -0.3 is 9.47 Å². The number of nitrogens with zero attached hydrogens (tertiary/aromatic N) is 5. The zero-order valence-corrected chi connectivity index (χ0v) is 15.6. The zero-order valence-electron chi connectivity index (χ0n) is 14.8. The maximum Gasteiger partial charge on any atom is 0.244 e. The van der Waals surface area contributed by atoms with E-state index in [1.54, 1.807) is 36.8 Å². The van der Waals surface area contributed by atoms with Crippen molar-refractivity contribution >= 4 is 10.0 Å². The second-order valence-electron chi connectivity index (χ2n) is 6.51. The number of hydrogen-bond acceptors (Lipinski definition) is 8. The van der Waals surface area contributed by atoms with Gasteiger partial charge in [0, 0.05) is 37.9 Å². The molecule has 144 valence electrons. The Morgan fingerprint density at radius 1 is 1.04 bits per heavy atom. The predicted octanol–water partition coefficient (Wildman–Crippen LogP) is 0.121. The van der Waals surface area contributed by atoms with Gasteiger partial charge in [-0.15, -0.1) is 0 Å². The number of ether oxygens (including phenoxy) is 2. The zero-order chi connectivity index (χ0) is 18.7. The van der Waals surface area contributed by atoms with Gasteiger partial charge in [0.1, 0.15) is 10.7 Å². The third-order valence-electron chi connectivity index (χ3n) is 4.62. The molecule has 0 aliphatic carbocycles. The second-order valence-corrected chi connectivity index (χ2v) is 8.45. The van der Waals surface area contributed by atoms with E-state index in [2.05, 4.69) is 19.9 Å². The number of aromatic nitrogens is 3. The Hall–Kier alpha value is -1.98. The highest BCUT2D eigenvalue weighted by Crippen LogP contribution is 2.28. The van der Waals surface area contributed by atoms with E-state index in [1.165, 1.54) is 10.5 Å². The molecule has 1 unspecified atom stereocenters. The van der Waals surface area contributed by atoms with Crippen LogP contribution in [0.15, 0.2) is 47.9 Å². The van der Waals surface area contributed by atoms with E-state index in [0.717, 1.165) is 0 Å². The Morgan fingerprint density at radius 3 is 2.56 bits per heavy atom. The van der Waals surface area contributed by atoms with E-state index in [1.807, 2.05) is 0 Å². The maximum atomic E-state index is 12.9. The first kappa shape index (κ1) is 18.4. The fraction of sp³-hybridized carbons (Fsp3) is 0.471. The average molecular weight is 391 g/mol. The van der Waals surface area contributed by atoms with Gasteiger partial charge in [0.15, 0.2) is 5.79 Å². The van der Waals surface area contributed by atoms with Crippen LogP contribution in [0.25, 0.3) is 0 Å². The summed E-state index contributed by atoms with van der Waals surface area (Å²) in [6.07, 6.45) is 6.32. The lowest BCUT2D eigenvalue weighted by Gasteiger charge is -2.46. The molecule has 2 fully saturated rings. The van der Waals surface area contributed by atoms with Gasteiger partial charge >= 0.3 is 0 Å². The molecule has 2 aliphatic heterocycles. The summed E-state index contributed by atoms with van der Waals surface area (Å²) >= 11 is 0. The normalized spacial score (nSPS) is 24.9. The van der Waals surface area contributed by atoms with Crippen LogP contribution in [-0.4, -0.2) is 77.8 Å². The van der Waals surface area contributed by atoms with Gasteiger partial charge in [-0.05, 0) is 18.2 Å². The molecule has 10 heteroatoms. The van der Waals surface area contributed by atoms with E-state index in [9.17, 15) is 8.42 Å². The summed E-state index contributed by atoms with van der Waals surface area (Å²) in [5.41, 5.74) is 0. The molecular formula is C17H21N5O4S. The molecule has 1 spiro atoms. The summed E-state index contributed by atoms with van der Waals surface area (Å²) in [6.45, 7) is 2.86. The Labute approximate surface area is 158 Å². The first-order valence-corrected chi connectivity index (χ1v) is 10.2. The van der Waals surface area contributed by atoms with Crippen molar-refractivity contribution in [3.8, 4) is 0 Å². The molecule has 0 radical (unpaired) electrons. The van der Waals surface area contributed by atoms with Crippen LogP contribution >= 0.6 is 0 Å². The van der Waals surface area contributed by atoms with E-state index in [0.29, 0.717) is 32.1 Å². The Bertz CT molecular complexity index is 863. The molecule has 0 bridgehead atoms.